The van der Waals surface area contributed by atoms with Crippen molar-refractivity contribution >= 4 is 17.8 Å². The number of ether oxygens (including phenoxy) is 2. The Labute approximate surface area is 191 Å². The number of nitrogens with one attached hydrogen (secondary N) is 1. The van der Waals surface area contributed by atoms with E-state index in [4.69, 9.17) is 9.47 Å². The van der Waals surface area contributed by atoms with Gasteiger partial charge in [-0.2, -0.15) is 18.3 Å². The van der Waals surface area contributed by atoms with E-state index in [1.165, 1.54) is 24.4 Å². The molecule has 0 fully saturated rings. The Morgan fingerprint density at radius 2 is 1.76 bits per heavy atom. The monoisotopic (exact) mass is 473 g/mol. The van der Waals surface area contributed by atoms with Crippen molar-refractivity contribution in [2.45, 2.75) is 13.1 Å². The molecule has 0 spiro atoms. The summed E-state index contributed by atoms with van der Waals surface area (Å²) in [5.74, 6) is -0.558. The van der Waals surface area contributed by atoms with E-state index >= 15 is 0 Å². The van der Waals surface area contributed by atoms with Crippen LogP contribution in [0.5, 0.6) is 17.2 Å². The molecule has 0 heterocycles. The van der Waals surface area contributed by atoms with Crippen molar-refractivity contribution in [1.82, 2.24) is 5.43 Å². The van der Waals surface area contributed by atoms with Gasteiger partial charge in [-0.15, -0.1) is 0 Å². The minimum absolute atomic E-state index is 0.0511. The second-order valence-corrected chi connectivity index (χ2v) is 6.74. The number of carbonyl (C=O) groups excluding carboxylic acids is 1. The highest BCUT2D eigenvalue weighted by molar-refractivity contribution is 5.94. The van der Waals surface area contributed by atoms with Crippen molar-refractivity contribution in [1.29, 1.82) is 0 Å². The Balaban J connectivity index is 1.82. The zero-order chi connectivity index (χ0) is 24.7. The fourth-order valence-electron chi connectivity index (χ4n) is 2.82. The second-order valence-electron chi connectivity index (χ2n) is 6.74. The van der Waals surface area contributed by atoms with Gasteiger partial charge in [0, 0.05) is 11.6 Å². The third-order valence-corrected chi connectivity index (χ3v) is 4.39. The van der Waals surface area contributed by atoms with Gasteiger partial charge in [-0.3, -0.25) is 14.9 Å². The average molecular weight is 473 g/mol. The molecule has 34 heavy (non-hydrogen) atoms. The smallest absolute Gasteiger partial charge is 0.416 e. The van der Waals surface area contributed by atoms with Crippen LogP contribution in [-0.4, -0.2) is 23.7 Å². The first-order valence-corrected chi connectivity index (χ1v) is 9.88. The van der Waals surface area contributed by atoms with Gasteiger partial charge in [-0.05, 0) is 55.0 Å². The van der Waals surface area contributed by atoms with Crippen LogP contribution < -0.4 is 14.9 Å². The number of halogens is 3. The van der Waals surface area contributed by atoms with Crippen molar-refractivity contribution in [2.24, 2.45) is 5.10 Å². The van der Waals surface area contributed by atoms with Crippen LogP contribution in [0.15, 0.2) is 71.8 Å². The molecule has 3 rings (SSSR count). The van der Waals surface area contributed by atoms with Gasteiger partial charge < -0.3 is 9.47 Å². The lowest BCUT2D eigenvalue weighted by Gasteiger charge is -2.13. The summed E-state index contributed by atoms with van der Waals surface area (Å²) in [6.07, 6.45) is -3.38. The van der Waals surface area contributed by atoms with E-state index in [0.29, 0.717) is 23.3 Å². The first-order chi connectivity index (χ1) is 16.2. The minimum Gasteiger partial charge on any atom is -0.490 e. The number of alkyl halides is 3. The summed E-state index contributed by atoms with van der Waals surface area (Å²) in [7, 11) is 0. The van der Waals surface area contributed by atoms with Gasteiger partial charge >= 0.3 is 11.9 Å². The Hall–Kier alpha value is -4.41. The predicted octanol–water partition coefficient (Wildman–Crippen LogP) is 5.57. The van der Waals surface area contributed by atoms with Gasteiger partial charge in [-0.25, -0.2) is 5.43 Å². The van der Waals surface area contributed by atoms with Crippen LogP contribution in [0.3, 0.4) is 0 Å². The average Bonchev–Trinajstić information content (AvgIpc) is 2.80. The molecule has 3 aromatic carbocycles. The molecule has 0 saturated heterocycles. The van der Waals surface area contributed by atoms with Gasteiger partial charge in [0.05, 0.1) is 23.3 Å². The van der Waals surface area contributed by atoms with Crippen molar-refractivity contribution < 1.29 is 32.4 Å². The highest BCUT2D eigenvalue weighted by Crippen LogP contribution is 2.40. The topological polar surface area (TPSA) is 103 Å². The van der Waals surface area contributed by atoms with Crippen LogP contribution in [0.2, 0.25) is 0 Å². The summed E-state index contributed by atoms with van der Waals surface area (Å²) in [5, 5.41) is 15.2. The molecule has 176 valence electrons. The van der Waals surface area contributed by atoms with Crippen LogP contribution in [0, 0.1) is 10.1 Å². The molecule has 0 aliphatic heterocycles. The molecule has 1 N–H and O–H groups in total. The second kappa shape index (κ2) is 10.5. The molecule has 0 aliphatic carbocycles. The van der Waals surface area contributed by atoms with E-state index in [1.54, 1.807) is 37.3 Å². The number of hydrogen-bond acceptors (Lipinski definition) is 6. The van der Waals surface area contributed by atoms with Crippen LogP contribution in [0.1, 0.15) is 28.4 Å². The number of amides is 1. The maximum Gasteiger partial charge on any atom is 0.416 e. The number of hydrazone groups is 1. The Bertz CT molecular complexity index is 1210. The number of nitrogens with zero attached hydrogens (tertiary/aromatic N) is 2. The number of hydrogen-bond donors (Lipinski definition) is 1. The molecule has 0 bridgehead atoms. The lowest BCUT2D eigenvalue weighted by Crippen LogP contribution is -2.17. The largest absolute Gasteiger partial charge is 0.490 e. The molecule has 0 radical (unpaired) electrons. The highest BCUT2D eigenvalue weighted by Gasteiger charge is 2.33. The number of carbonyl (C=O) groups is 1. The fourth-order valence-corrected chi connectivity index (χ4v) is 2.82. The molecule has 0 unspecified atom stereocenters. The first-order valence-electron chi connectivity index (χ1n) is 9.88. The first kappa shape index (κ1) is 24.2. The van der Waals surface area contributed by atoms with E-state index in [2.05, 4.69) is 10.5 Å². The van der Waals surface area contributed by atoms with E-state index in [0.717, 1.165) is 6.07 Å². The van der Waals surface area contributed by atoms with Gasteiger partial charge in [-0.1, -0.05) is 18.2 Å². The van der Waals surface area contributed by atoms with Gasteiger partial charge in [0.2, 0.25) is 5.75 Å². The molecule has 0 aliphatic rings. The number of rotatable bonds is 8. The SMILES string of the molecule is CCOc1cc(/C=N\NC(=O)c2ccccc2)ccc1Oc1ccc(C(F)(F)F)cc1[N+](=O)[O-]. The normalized spacial score (nSPS) is 11.3. The summed E-state index contributed by atoms with van der Waals surface area (Å²) in [6.45, 7) is 1.92. The zero-order valence-corrected chi connectivity index (χ0v) is 17.7. The molecule has 11 heteroatoms. The number of nitro groups is 1. The van der Waals surface area contributed by atoms with Crippen molar-refractivity contribution in [2.75, 3.05) is 6.61 Å². The molecule has 1 amide bonds. The fraction of sp³-hybridized carbons (Fsp3) is 0.130. The summed E-state index contributed by atoms with van der Waals surface area (Å²) in [5.41, 5.74) is 1.31. The van der Waals surface area contributed by atoms with Gasteiger partial charge in [0.25, 0.3) is 5.91 Å². The van der Waals surface area contributed by atoms with Crippen LogP contribution in [0.4, 0.5) is 18.9 Å². The minimum atomic E-state index is -4.74. The highest BCUT2D eigenvalue weighted by atomic mass is 19.4. The Kier molecular flexibility index (Phi) is 7.46. The summed E-state index contributed by atoms with van der Waals surface area (Å²) in [6, 6.07) is 14.9. The molecule has 3 aromatic rings. The van der Waals surface area contributed by atoms with Gasteiger partial charge in [0.1, 0.15) is 0 Å². The third kappa shape index (κ3) is 6.09. The van der Waals surface area contributed by atoms with Crippen molar-refractivity contribution in [3.05, 3.63) is 93.5 Å². The summed E-state index contributed by atoms with van der Waals surface area (Å²) >= 11 is 0. The quantitative estimate of drug-likeness (QED) is 0.262. The standard InChI is InChI=1S/C23H18F3N3O5/c1-2-33-21-12-15(14-27-28-22(30)16-6-4-3-5-7-16)8-10-20(21)34-19-11-9-17(23(24,25)26)13-18(19)29(31)32/h3-14H,2H2,1H3,(H,28,30)/b27-14-. The maximum atomic E-state index is 12.9. The number of nitro benzene ring substituents is 1. The molecule has 0 aromatic heterocycles. The summed E-state index contributed by atoms with van der Waals surface area (Å²) < 4.78 is 49.8. The van der Waals surface area contributed by atoms with E-state index in [9.17, 15) is 28.1 Å². The molecule has 8 nitrogen and oxygen atoms in total. The Morgan fingerprint density at radius 3 is 2.41 bits per heavy atom. The number of benzene rings is 3. The molecular weight excluding hydrogens is 455 g/mol. The van der Waals surface area contributed by atoms with Crippen LogP contribution in [0.25, 0.3) is 0 Å². The van der Waals surface area contributed by atoms with Crippen LogP contribution >= 0.6 is 0 Å². The van der Waals surface area contributed by atoms with Gasteiger partial charge in [0.15, 0.2) is 11.5 Å². The van der Waals surface area contributed by atoms with Crippen molar-refractivity contribution in [3.63, 3.8) is 0 Å². The third-order valence-electron chi connectivity index (χ3n) is 4.39. The lowest BCUT2D eigenvalue weighted by atomic mass is 10.1. The molecule has 0 atom stereocenters. The maximum absolute atomic E-state index is 12.9. The van der Waals surface area contributed by atoms with Crippen LogP contribution in [-0.2, 0) is 6.18 Å². The Morgan fingerprint density at radius 1 is 1.06 bits per heavy atom. The zero-order valence-electron chi connectivity index (χ0n) is 17.7. The molecular formula is C23H18F3N3O5. The predicted molar refractivity (Wildman–Crippen MR) is 117 cm³/mol. The van der Waals surface area contributed by atoms with E-state index in [1.807, 2.05) is 0 Å². The van der Waals surface area contributed by atoms with Crippen molar-refractivity contribution in [3.8, 4) is 17.2 Å². The lowest BCUT2D eigenvalue weighted by molar-refractivity contribution is -0.385. The summed E-state index contributed by atoms with van der Waals surface area (Å²) in [4.78, 5) is 22.4. The van der Waals surface area contributed by atoms with E-state index in [-0.39, 0.29) is 23.9 Å². The molecule has 0 saturated carbocycles. The van der Waals surface area contributed by atoms with E-state index < -0.39 is 28.3 Å².